The van der Waals surface area contributed by atoms with Gasteiger partial charge in [0, 0.05) is 24.6 Å². The number of halogens is 1. The summed E-state index contributed by atoms with van der Waals surface area (Å²) < 4.78 is 28.1. The summed E-state index contributed by atoms with van der Waals surface area (Å²) in [6.45, 7) is 0.932. The van der Waals surface area contributed by atoms with Crippen molar-refractivity contribution in [1.29, 1.82) is 0 Å². The van der Waals surface area contributed by atoms with Gasteiger partial charge in [-0.2, -0.15) is 0 Å². The van der Waals surface area contributed by atoms with Crippen LogP contribution in [0.25, 0.3) is 0 Å². The molecule has 0 radical (unpaired) electrons. The Kier molecular flexibility index (Phi) is 3.86. The molecule has 0 saturated carbocycles. The van der Waals surface area contributed by atoms with Crippen molar-refractivity contribution in [3.05, 3.63) is 46.7 Å². The Morgan fingerprint density at radius 3 is 2.95 bits per heavy atom. The third-order valence-corrected chi connectivity index (χ3v) is 5.34. The summed E-state index contributed by atoms with van der Waals surface area (Å²) in [6, 6.07) is 6.79. The van der Waals surface area contributed by atoms with Gasteiger partial charge in [0.2, 0.25) is 0 Å². The molecule has 0 unspecified atom stereocenters. The lowest BCUT2D eigenvalue weighted by Gasteiger charge is -2.19. The van der Waals surface area contributed by atoms with Crippen LogP contribution in [0.1, 0.15) is 12.0 Å². The van der Waals surface area contributed by atoms with Crippen LogP contribution in [0.5, 0.6) is 0 Å². The number of rotatable bonds is 3. The molecule has 2 heterocycles. The predicted molar refractivity (Wildman–Crippen MR) is 86.0 cm³/mol. The third kappa shape index (κ3) is 3.03. The van der Waals surface area contributed by atoms with E-state index in [0.29, 0.717) is 10.2 Å². The minimum atomic E-state index is -3.60. The van der Waals surface area contributed by atoms with Crippen LogP contribution >= 0.6 is 15.9 Å². The minimum Gasteiger partial charge on any atom is -0.385 e. The van der Waals surface area contributed by atoms with Gasteiger partial charge in [-0.15, -0.1) is 0 Å². The van der Waals surface area contributed by atoms with Crippen molar-refractivity contribution in [2.24, 2.45) is 0 Å². The molecule has 0 atom stereocenters. The van der Waals surface area contributed by atoms with Crippen LogP contribution in [-0.2, 0) is 16.4 Å². The number of pyridine rings is 1. The van der Waals surface area contributed by atoms with E-state index in [0.717, 1.165) is 30.6 Å². The van der Waals surface area contributed by atoms with Crippen LogP contribution in [0.15, 0.2) is 46.0 Å². The maximum Gasteiger partial charge on any atom is 0.261 e. The molecule has 1 aliphatic rings. The molecule has 0 aliphatic carbocycles. The van der Waals surface area contributed by atoms with Gasteiger partial charge >= 0.3 is 0 Å². The van der Waals surface area contributed by atoms with Crippen molar-refractivity contribution >= 4 is 37.3 Å². The molecule has 1 aromatic heterocycles. The zero-order valence-electron chi connectivity index (χ0n) is 11.1. The van der Waals surface area contributed by atoms with Gasteiger partial charge in [0.1, 0.15) is 0 Å². The van der Waals surface area contributed by atoms with Crippen LogP contribution in [0.4, 0.5) is 11.4 Å². The van der Waals surface area contributed by atoms with Crippen molar-refractivity contribution in [2.45, 2.75) is 17.7 Å². The van der Waals surface area contributed by atoms with Crippen molar-refractivity contribution in [2.75, 3.05) is 16.6 Å². The van der Waals surface area contributed by atoms with Gasteiger partial charge in [0.25, 0.3) is 10.0 Å². The smallest absolute Gasteiger partial charge is 0.261 e. The SMILES string of the molecule is O=S(=O)(Nc1ccncc1Br)c1ccc2c(c1)CCCN2. The number of fused-ring (bicyclic) bond motifs is 1. The first-order valence-corrected chi connectivity index (χ1v) is 8.83. The Balaban J connectivity index is 1.93. The molecule has 3 rings (SSSR count). The molecule has 110 valence electrons. The number of hydrogen-bond acceptors (Lipinski definition) is 4. The van der Waals surface area contributed by atoms with E-state index in [4.69, 9.17) is 0 Å². The van der Waals surface area contributed by atoms with E-state index < -0.39 is 10.0 Å². The first kappa shape index (κ1) is 14.3. The van der Waals surface area contributed by atoms with Crippen molar-refractivity contribution in [1.82, 2.24) is 4.98 Å². The molecular formula is C14H14BrN3O2S. The Morgan fingerprint density at radius 1 is 1.29 bits per heavy atom. The molecule has 1 aromatic carbocycles. The van der Waals surface area contributed by atoms with Gasteiger partial charge in [-0.3, -0.25) is 9.71 Å². The summed E-state index contributed by atoms with van der Waals surface area (Å²) in [4.78, 5) is 4.19. The minimum absolute atomic E-state index is 0.272. The Labute approximate surface area is 132 Å². The fraction of sp³-hybridized carbons (Fsp3) is 0.214. The molecule has 2 N–H and O–H groups in total. The molecule has 1 aliphatic heterocycles. The van der Waals surface area contributed by atoms with E-state index in [9.17, 15) is 8.42 Å². The number of anilines is 2. The molecular weight excluding hydrogens is 354 g/mol. The van der Waals surface area contributed by atoms with Gasteiger partial charge in [-0.1, -0.05) is 0 Å². The molecule has 0 saturated heterocycles. The zero-order chi connectivity index (χ0) is 14.9. The zero-order valence-corrected chi connectivity index (χ0v) is 13.5. The van der Waals surface area contributed by atoms with E-state index in [2.05, 4.69) is 31.0 Å². The topological polar surface area (TPSA) is 71.1 Å². The number of hydrogen-bond donors (Lipinski definition) is 2. The number of nitrogens with zero attached hydrogens (tertiary/aromatic N) is 1. The van der Waals surface area contributed by atoms with Gasteiger partial charge < -0.3 is 5.32 Å². The molecule has 0 fully saturated rings. The van der Waals surface area contributed by atoms with E-state index in [1.54, 1.807) is 30.6 Å². The van der Waals surface area contributed by atoms with E-state index in [1.807, 2.05) is 6.07 Å². The van der Waals surface area contributed by atoms with E-state index >= 15 is 0 Å². The van der Waals surface area contributed by atoms with Crippen molar-refractivity contribution in [3.63, 3.8) is 0 Å². The summed E-state index contributed by atoms with van der Waals surface area (Å²) in [6.07, 6.45) is 5.00. The van der Waals surface area contributed by atoms with E-state index in [-0.39, 0.29) is 4.90 Å². The summed E-state index contributed by atoms with van der Waals surface area (Å²) in [5.74, 6) is 0. The second kappa shape index (κ2) is 5.65. The average molecular weight is 368 g/mol. The third-order valence-electron chi connectivity index (χ3n) is 3.34. The normalized spacial score (nSPS) is 14.1. The van der Waals surface area contributed by atoms with Gasteiger partial charge in [0.15, 0.2) is 0 Å². The molecule has 0 bridgehead atoms. The van der Waals surface area contributed by atoms with Gasteiger partial charge in [-0.25, -0.2) is 8.42 Å². The van der Waals surface area contributed by atoms with Gasteiger partial charge in [-0.05, 0) is 58.6 Å². The first-order chi connectivity index (χ1) is 10.1. The molecule has 2 aromatic rings. The highest BCUT2D eigenvalue weighted by atomic mass is 79.9. The maximum atomic E-state index is 12.5. The second-order valence-electron chi connectivity index (χ2n) is 4.81. The standard InChI is InChI=1S/C14H14BrN3O2S/c15-12-9-16-7-5-14(12)18-21(19,20)11-3-4-13-10(8-11)2-1-6-17-13/h3-5,7-9,17H,1-2,6H2,(H,16,18). The molecule has 7 heteroatoms. The predicted octanol–water partition coefficient (Wildman–Crippen LogP) is 3.00. The van der Waals surface area contributed by atoms with E-state index in [1.165, 1.54) is 0 Å². The largest absolute Gasteiger partial charge is 0.385 e. The van der Waals surface area contributed by atoms with Crippen LogP contribution in [-0.4, -0.2) is 19.9 Å². The quantitative estimate of drug-likeness (QED) is 0.874. The van der Waals surface area contributed by atoms with Crippen LogP contribution < -0.4 is 10.0 Å². The highest BCUT2D eigenvalue weighted by Crippen LogP contribution is 2.27. The summed E-state index contributed by atoms with van der Waals surface area (Å²) in [5.41, 5.74) is 2.53. The number of aryl methyl sites for hydroxylation is 1. The number of sulfonamides is 1. The second-order valence-corrected chi connectivity index (χ2v) is 7.35. The highest BCUT2D eigenvalue weighted by Gasteiger charge is 2.18. The van der Waals surface area contributed by atoms with Crippen molar-refractivity contribution < 1.29 is 8.42 Å². The van der Waals surface area contributed by atoms with Crippen molar-refractivity contribution in [3.8, 4) is 0 Å². The summed E-state index contributed by atoms with van der Waals surface area (Å²) in [5, 5.41) is 3.27. The van der Waals surface area contributed by atoms with Crippen LogP contribution in [0, 0.1) is 0 Å². The summed E-state index contributed by atoms with van der Waals surface area (Å²) in [7, 11) is -3.60. The lowest BCUT2D eigenvalue weighted by atomic mass is 10.0. The highest BCUT2D eigenvalue weighted by molar-refractivity contribution is 9.10. The Hall–Kier alpha value is -1.60. The van der Waals surface area contributed by atoms with Crippen LogP contribution in [0.2, 0.25) is 0 Å². The summed E-state index contributed by atoms with van der Waals surface area (Å²) >= 11 is 3.28. The average Bonchev–Trinajstić information content (AvgIpc) is 2.49. The molecule has 21 heavy (non-hydrogen) atoms. The molecule has 5 nitrogen and oxygen atoms in total. The number of aromatic nitrogens is 1. The lowest BCUT2D eigenvalue weighted by Crippen LogP contribution is -2.16. The van der Waals surface area contributed by atoms with Gasteiger partial charge in [0.05, 0.1) is 15.1 Å². The Morgan fingerprint density at radius 2 is 2.14 bits per heavy atom. The monoisotopic (exact) mass is 367 g/mol. The van der Waals surface area contributed by atoms with Crippen LogP contribution in [0.3, 0.4) is 0 Å². The molecule has 0 amide bonds. The fourth-order valence-electron chi connectivity index (χ4n) is 2.28. The fourth-order valence-corrected chi connectivity index (χ4v) is 3.89. The first-order valence-electron chi connectivity index (χ1n) is 6.55. The maximum absolute atomic E-state index is 12.5. The lowest BCUT2D eigenvalue weighted by molar-refractivity contribution is 0.601. The number of nitrogens with one attached hydrogen (secondary N) is 2. The Bertz CT molecular complexity index is 778. The molecule has 0 spiro atoms. The number of benzene rings is 1.